The molecule has 1 aliphatic rings. The molecule has 1 unspecified atom stereocenters. The maximum atomic E-state index is 13.3. The minimum atomic E-state index is -0.942. The van der Waals surface area contributed by atoms with Crippen molar-refractivity contribution in [3.8, 4) is 5.75 Å². The molecule has 0 spiro atoms. The molecular formula is C28H26N2O6. The quantitative estimate of drug-likeness (QED) is 0.226. The number of aliphatic hydroxyl groups is 1. The zero-order valence-electron chi connectivity index (χ0n) is 20.2. The van der Waals surface area contributed by atoms with Crippen LogP contribution < -0.4 is 9.64 Å². The monoisotopic (exact) mass is 486 g/mol. The summed E-state index contributed by atoms with van der Waals surface area (Å²) in [7, 11) is 1.46. The Morgan fingerprint density at radius 2 is 1.78 bits per heavy atom. The van der Waals surface area contributed by atoms with Crippen LogP contribution in [0.5, 0.6) is 5.75 Å². The van der Waals surface area contributed by atoms with E-state index >= 15 is 0 Å². The number of carbonyl (C=O) groups excluding carboxylic acids is 3. The first kappa shape index (κ1) is 24.7. The topological polar surface area (TPSA) is 106 Å². The highest BCUT2D eigenvalue weighted by atomic mass is 16.5. The highest BCUT2D eigenvalue weighted by molar-refractivity contribution is 6.51. The fraction of sp³-hybridized carbons (Fsp3) is 0.214. The van der Waals surface area contributed by atoms with Crippen LogP contribution in [0.3, 0.4) is 0 Å². The third-order valence-corrected chi connectivity index (χ3v) is 5.74. The Morgan fingerprint density at radius 1 is 1.06 bits per heavy atom. The standard InChI is InChI=1S/C28H26N2O6/c1-17(2)16-36-28(34)18-10-12-20(13-11-18)30-24(19-7-6-14-29-15-19)23(26(32)27(30)33)25(31)21-8-4-5-9-22(21)35-3/h4-15,17,24,31H,16H2,1-3H3/b25-23+. The van der Waals surface area contributed by atoms with E-state index in [0.717, 1.165) is 0 Å². The zero-order chi connectivity index (χ0) is 25.8. The molecule has 0 radical (unpaired) electrons. The fourth-order valence-corrected chi connectivity index (χ4v) is 4.02. The summed E-state index contributed by atoms with van der Waals surface area (Å²) in [4.78, 5) is 44.3. The molecule has 1 saturated heterocycles. The number of Topliss-reactive ketones (excluding diaryl/α,β-unsaturated/α-hetero) is 1. The van der Waals surface area contributed by atoms with Crippen LogP contribution in [0.4, 0.5) is 5.69 Å². The van der Waals surface area contributed by atoms with Gasteiger partial charge in [-0.1, -0.05) is 32.0 Å². The van der Waals surface area contributed by atoms with Gasteiger partial charge in [-0.2, -0.15) is 0 Å². The van der Waals surface area contributed by atoms with Crippen molar-refractivity contribution in [2.24, 2.45) is 5.92 Å². The van der Waals surface area contributed by atoms with Crippen LogP contribution in [0.1, 0.15) is 41.4 Å². The molecule has 8 nitrogen and oxygen atoms in total. The molecule has 3 aromatic rings. The lowest BCUT2D eigenvalue weighted by Gasteiger charge is -2.25. The number of anilines is 1. The Morgan fingerprint density at radius 3 is 2.42 bits per heavy atom. The largest absolute Gasteiger partial charge is 0.507 e. The van der Waals surface area contributed by atoms with Crippen molar-refractivity contribution < 1.29 is 29.0 Å². The highest BCUT2D eigenvalue weighted by Crippen LogP contribution is 2.43. The van der Waals surface area contributed by atoms with E-state index in [-0.39, 0.29) is 22.8 Å². The number of rotatable bonds is 7. The maximum absolute atomic E-state index is 13.3. The Hall–Kier alpha value is -4.46. The van der Waals surface area contributed by atoms with Gasteiger partial charge in [0.2, 0.25) is 0 Å². The summed E-state index contributed by atoms with van der Waals surface area (Å²) in [6.45, 7) is 4.17. The van der Waals surface area contributed by atoms with Gasteiger partial charge < -0.3 is 14.6 Å². The van der Waals surface area contributed by atoms with E-state index in [1.165, 1.54) is 30.3 Å². The van der Waals surface area contributed by atoms with Gasteiger partial charge in [0.15, 0.2) is 0 Å². The van der Waals surface area contributed by atoms with E-state index in [4.69, 9.17) is 9.47 Å². The molecule has 1 amide bonds. The van der Waals surface area contributed by atoms with Crippen molar-refractivity contribution in [1.29, 1.82) is 0 Å². The van der Waals surface area contributed by atoms with Gasteiger partial charge in [-0.3, -0.25) is 19.5 Å². The summed E-state index contributed by atoms with van der Waals surface area (Å²) in [6.07, 6.45) is 3.12. The Balaban J connectivity index is 1.80. The Bertz CT molecular complexity index is 1320. The second-order valence-corrected chi connectivity index (χ2v) is 8.69. The number of benzene rings is 2. The number of ether oxygens (including phenoxy) is 2. The number of methoxy groups -OCH3 is 1. The molecule has 2 aromatic carbocycles. The van der Waals surface area contributed by atoms with Gasteiger partial charge in [0.25, 0.3) is 11.7 Å². The first-order chi connectivity index (χ1) is 17.3. The van der Waals surface area contributed by atoms with Crippen LogP contribution in [0, 0.1) is 5.92 Å². The van der Waals surface area contributed by atoms with Crippen LogP contribution in [-0.2, 0) is 14.3 Å². The molecule has 1 aromatic heterocycles. The average molecular weight is 487 g/mol. The lowest BCUT2D eigenvalue weighted by Crippen LogP contribution is -2.29. The summed E-state index contributed by atoms with van der Waals surface area (Å²) in [5.74, 6) is -1.92. The number of aromatic nitrogens is 1. The van der Waals surface area contributed by atoms with E-state index in [2.05, 4.69) is 4.98 Å². The molecule has 1 aliphatic heterocycles. The summed E-state index contributed by atoms with van der Waals surface area (Å²) in [5, 5.41) is 11.3. The number of aliphatic hydroxyl groups excluding tert-OH is 1. The van der Waals surface area contributed by atoms with Crippen molar-refractivity contribution in [2.75, 3.05) is 18.6 Å². The van der Waals surface area contributed by atoms with E-state index in [9.17, 15) is 19.5 Å². The number of ketones is 1. The lowest BCUT2D eigenvalue weighted by atomic mass is 9.96. The lowest BCUT2D eigenvalue weighted by molar-refractivity contribution is -0.132. The van der Waals surface area contributed by atoms with E-state index < -0.39 is 23.7 Å². The second kappa shape index (κ2) is 10.4. The van der Waals surface area contributed by atoms with Gasteiger partial charge in [-0.05, 0) is 53.9 Å². The smallest absolute Gasteiger partial charge is 0.338 e. The Labute approximate surface area is 208 Å². The normalized spacial score (nSPS) is 16.9. The molecule has 0 saturated carbocycles. The zero-order valence-corrected chi connectivity index (χ0v) is 20.2. The van der Waals surface area contributed by atoms with Gasteiger partial charge in [-0.15, -0.1) is 0 Å². The minimum Gasteiger partial charge on any atom is -0.507 e. The van der Waals surface area contributed by atoms with Crippen molar-refractivity contribution >= 4 is 29.1 Å². The number of esters is 1. The first-order valence-electron chi connectivity index (χ1n) is 11.4. The van der Waals surface area contributed by atoms with E-state index in [1.54, 1.807) is 54.7 Å². The molecule has 1 fully saturated rings. The van der Waals surface area contributed by atoms with Gasteiger partial charge in [-0.25, -0.2) is 4.79 Å². The van der Waals surface area contributed by atoms with Crippen LogP contribution in [0.2, 0.25) is 0 Å². The highest BCUT2D eigenvalue weighted by Gasteiger charge is 2.47. The molecule has 4 rings (SSSR count). The molecule has 0 bridgehead atoms. The molecule has 0 aliphatic carbocycles. The van der Waals surface area contributed by atoms with Gasteiger partial charge in [0.1, 0.15) is 11.5 Å². The summed E-state index contributed by atoms with van der Waals surface area (Å²) >= 11 is 0. The molecule has 1 N–H and O–H groups in total. The Kier molecular flexibility index (Phi) is 7.15. The minimum absolute atomic E-state index is 0.0853. The van der Waals surface area contributed by atoms with Crippen LogP contribution in [0.25, 0.3) is 5.76 Å². The number of hydrogen-bond acceptors (Lipinski definition) is 7. The van der Waals surface area contributed by atoms with Gasteiger partial charge >= 0.3 is 5.97 Å². The molecule has 2 heterocycles. The molecule has 1 atom stereocenters. The van der Waals surface area contributed by atoms with E-state index in [1.807, 2.05) is 13.8 Å². The molecule has 8 heteroatoms. The summed E-state index contributed by atoms with van der Waals surface area (Å²) < 4.78 is 10.6. The predicted molar refractivity (Wildman–Crippen MR) is 134 cm³/mol. The van der Waals surface area contributed by atoms with Gasteiger partial charge in [0.05, 0.1) is 36.5 Å². The number of carbonyl (C=O) groups is 3. The van der Waals surface area contributed by atoms with Crippen LogP contribution in [-0.4, -0.2) is 41.5 Å². The number of amides is 1. The molecule has 36 heavy (non-hydrogen) atoms. The van der Waals surface area contributed by atoms with Crippen molar-refractivity contribution in [3.05, 3.63) is 95.3 Å². The molecule has 184 valence electrons. The number of nitrogens with zero attached hydrogens (tertiary/aromatic N) is 2. The van der Waals surface area contributed by atoms with E-state index in [0.29, 0.717) is 29.2 Å². The maximum Gasteiger partial charge on any atom is 0.338 e. The number of hydrogen-bond donors (Lipinski definition) is 1. The van der Waals surface area contributed by atoms with Crippen LogP contribution >= 0.6 is 0 Å². The summed E-state index contributed by atoms with van der Waals surface area (Å²) in [5.41, 5.74) is 1.44. The van der Waals surface area contributed by atoms with Gasteiger partial charge in [0, 0.05) is 18.1 Å². The first-order valence-corrected chi connectivity index (χ1v) is 11.4. The number of pyridine rings is 1. The second-order valence-electron chi connectivity index (χ2n) is 8.69. The summed E-state index contributed by atoms with van der Waals surface area (Å²) in [6, 6.07) is 15.4. The average Bonchev–Trinajstić information content (AvgIpc) is 3.17. The van der Waals surface area contributed by atoms with Crippen molar-refractivity contribution in [2.45, 2.75) is 19.9 Å². The fourth-order valence-electron chi connectivity index (χ4n) is 4.02. The van der Waals surface area contributed by atoms with Crippen LogP contribution in [0.15, 0.2) is 78.6 Å². The predicted octanol–water partition coefficient (Wildman–Crippen LogP) is 4.53. The van der Waals surface area contributed by atoms with Crippen molar-refractivity contribution in [1.82, 2.24) is 4.98 Å². The van der Waals surface area contributed by atoms with Crippen molar-refractivity contribution in [3.63, 3.8) is 0 Å². The third-order valence-electron chi connectivity index (χ3n) is 5.74. The SMILES string of the molecule is COc1ccccc1/C(O)=C1\C(=O)C(=O)N(c2ccc(C(=O)OCC(C)C)cc2)C1c1cccnc1. The third kappa shape index (κ3) is 4.70. The molecular weight excluding hydrogens is 460 g/mol. The number of para-hydroxylation sites is 1.